The van der Waals surface area contributed by atoms with Crippen molar-refractivity contribution in [1.29, 1.82) is 0 Å². The minimum atomic E-state index is -0.861. The zero-order chi connectivity index (χ0) is 19.2. The second kappa shape index (κ2) is 8.75. The maximum atomic E-state index is 13.9. The standard InChI is InChI=1S/C21H22F2N2O2/c22-17-8-9-18(19(23)15-17)21(27)25-12-4-11-24(13-14-25)20(26)10-7-16-5-2-1-3-6-16/h1-3,5-6,8-9,15H,4,7,10-14H2. The fourth-order valence-electron chi connectivity index (χ4n) is 3.26. The van der Waals surface area contributed by atoms with Gasteiger partial charge in [-0.25, -0.2) is 8.78 Å². The van der Waals surface area contributed by atoms with Gasteiger partial charge in [-0.3, -0.25) is 9.59 Å². The van der Waals surface area contributed by atoms with Crippen molar-refractivity contribution < 1.29 is 18.4 Å². The number of hydrogen-bond acceptors (Lipinski definition) is 2. The first-order chi connectivity index (χ1) is 13.0. The van der Waals surface area contributed by atoms with E-state index in [9.17, 15) is 18.4 Å². The zero-order valence-electron chi connectivity index (χ0n) is 15.0. The molecule has 0 saturated carbocycles. The van der Waals surface area contributed by atoms with Gasteiger partial charge in [0.05, 0.1) is 5.56 Å². The largest absolute Gasteiger partial charge is 0.341 e. The Bertz CT molecular complexity index is 811. The maximum Gasteiger partial charge on any atom is 0.256 e. The Kier molecular flexibility index (Phi) is 6.16. The van der Waals surface area contributed by atoms with Crippen molar-refractivity contribution in [3.8, 4) is 0 Å². The van der Waals surface area contributed by atoms with E-state index in [2.05, 4.69) is 0 Å². The highest BCUT2D eigenvalue weighted by Crippen LogP contribution is 2.15. The van der Waals surface area contributed by atoms with Gasteiger partial charge in [0.15, 0.2) is 0 Å². The van der Waals surface area contributed by atoms with Crippen LogP contribution in [0.1, 0.15) is 28.8 Å². The Morgan fingerprint density at radius 1 is 0.889 bits per heavy atom. The number of carbonyl (C=O) groups is 2. The van der Waals surface area contributed by atoms with Crippen LogP contribution < -0.4 is 0 Å². The number of rotatable bonds is 4. The Labute approximate surface area is 157 Å². The average Bonchev–Trinajstić information content (AvgIpc) is 2.93. The van der Waals surface area contributed by atoms with Gasteiger partial charge in [0.2, 0.25) is 5.91 Å². The molecule has 1 saturated heterocycles. The lowest BCUT2D eigenvalue weighted by Crippen LogP contribution is -2.37. The molecule has 3 rings (SSSR count). The zero-order valence-corrected chi connectivity index (χ0v) is 15.0. The predicted molar refractivity (Wildman–Crippen MR) is 98.2 cm³/mol. The predicted octanol–water partition coefficient (Wildman–Crippen LogP) is 3.27. The van der Waals surface area contributed by atoms with Crippen LogP contribution in [0.4, 0.5) is 8.78 Å². The van der Waals surface area contributed by atoms with E-state index in [1.807, 2.05) is 30.3 Å². The summed E-state index contributed by atoms with van der Waals surface area (Å²) in [6.07, 6.45) is 1.73. The molecule has 0 aliphatic carbocycles. The third kappa shape index (κ3) is 4.90. The molecule has 0 atom stereocenters. The van der Waals surface area contributed by atoms with Crippen molar-refractivity contribution in [2.24, 2.45) is 0 Å². The van der Waals surface area contributed by atoms with E-state index >= 15 is 0 Å². The van der Waals surface area contributed by atoms with Gasteiger partial charge in [-0.05, 0) is 30.5 Å². The summed E-state index contributed by atoms with van der Waals surface area (Å²) in [4.78, 5) is 28.3. The van der Waals surface area contributed by atoms with Crippen LogP contribution in [0.2, 0.25) is 0 Å². The van der Waals surface area contributed by atoms with Crippen LogP contribution >= 0.6 is 0 Å². The number of halogens is 2. The van der Waals surface area contributed by atoms with E-state index < -0.39 is 17.5 Å². The molecule has 2 aromatic carbocycles. The Morgan fingerprint density at radius 2 is 1.59 bits per heavy atom. The molecule has 0 aromatic heterocycles. The maximum absolute atomic E-state index is 13.9. The molecule has 1 aliphatic rings. The first-order valence-corrected chi connectivity index (χ1v) is 9.10. The van der Waals surface area contributed by atoms with Crippen molar-refractivity contribution in [3.05, 3.63) is 71.3 Å². The number of amides is 2. The number of carbonyl (C=O) groups excluding carboxylic acids is 2. The monoisotopic (exact) mass is 372 g/mol. The molecule has 4 nitrogen and oxygen atoms in total. The first-order valence-electron chi connectivity index (χ1n) is 9.10. The third-order valence-electron chi connectivity index (χ3n) is 4.77. The second-order valence-corrected chi connectivity index (χ2v) is 6.64. The molecule has 27 heavy (non-hydrogen) atoms. The van der Waals surface area contributed by atoms with Crippen LogP contribution in [0, 0.1) is 11.6 Å². The molecular weight excluding hydrogens is 350 g/mol. The molecule has 1 fully saturated rings. The number of benzene rings is 2. The van der Waals surface area contributed by atoms with E-state index in [-0.39, 0.29) is 11.5 Å². The quantitative estimate of drug-likeness (QED) is 0.827. The molecule has 142 valence electrons. The lowest BCUT2D eigenvalue weighted by molar-refractivity contribution is -0.131. The van der Waals surface area contributed by atoms with E-state index in [0.717, 1.165) is 11.6 Å². The van der Waals surface area contributed by atoms with E-state index in [0.29, 0.717) is 51.5 Å². The highest BCUT2D eigenvalue weighted by molar-refractivity contribution is 5.94. The van der Waals surface area contributed by atoms with Gasteiger partial charge in [0, 0.05) is 38.7 Å². The fourth-order valence-corrected chi connectivity index (χ4v) is 3.26. The van der Waals surface area contributed by atoms with Crippen LogP contribution in [0.25, 0.3) is 0 Å². The van der Waals surface area contributed by atoms with Crippen LogP contribution in [-0.2, 0) is 11.2 Å². The Hall–Kier alpha value is -2.76. The lowest BCUT2D eigenvalue weighted by Gasteiger charge is -2.22. The van der Waals surface area contributed by atoms with Crippen molar-refractivity contribution in [2.45, 2.75) is 19.3 Å². The van der Waals surface area contributed by atoms with Crippen LogP contribution in [0.15, 0.2) is 48.5 Å². The normalized spacial score (nSPS) is 14.7. The topological polar surface area (TPSA) is 40.6 Å². The smallest absolute Gasteiger partial charge is 0.256 e. The van der Waals surface area contributed by atoms with Gasteiger partial charge in [-0.2, -0.15) is 0 Å². The van der Waals surface area contributed by atoms with Crippen molar-refractivity contribution >= 4 is 11.8 Å². The summed E-state index contributed by atoms with van der Waals surface area (Å²) in [7, 11) is 0. The summed E-state index contributed by atoms with van der Waals surface area (Å²) in [5, 5.41) is 0. The van der Waals surface area contributed by atoms with Gasteiger partial charge in [-0.15, -0.1) is 0 Å². The van der Waals surface area contributed by atoms with Crippen LogP contribution in [0.5, 0.6) is 0 Å². The molecule has 0 bridgehead atoms. The molecule has 1 aliphatic heterocycles. The summed E-state index contributed by atoms with van der Waals surface area (Å²) in [5.74, 6) is -1.98. The van der Waals surface area contributed by atoms with Crippen LogP contribution in [0.3, 0.4) is 0 Å². The highest BCUT2D eigenvalue weighted by Gasteiger charge is 2.24. The summed E-state index contributed by atoms with van der Waals surface area (Å²) in [6, 6.07) is 12.8. The molecule has 0 unspecified atom stereocenters. The van der Waals surface area contributed by atoms with Crippen molar-refractivity contribution in [1.82, 2.24) is 9.80 Å². The highest BCUT2D eigenvalue weighted by atomic mass is 19.1. The number of aryl methyl sites for hydroxylation is 1. The van der Waals surface area contributed by atoms with Gasteiger partial charge < -0.3 is 9.80 Å². The number of nitrogens with zero attached hydrogens (tertiary/aromatic N) is 2. The van der Waals surface area contributed by atoms with Gasteiger partial charge in [-0.1, -0.05) is 30.3 Å². The lowest BCUT2D eigenvalue weighted by atomic mass is 10.1. The SMILES string of the molecule is O=C(CCc1ccccc1)N1CCCN(C(=O)c2ccc(F)cc2F)CC1. The van der Waals surface area contributed by atoms with E-state index in [1.165, 1.54) is 11.0 Å². The molecule has 0 N–H and O–H groups in total. The molecule has 2 aromatic rings. The van der Waals surface area contributed by atoms with Crippen molar-refractivity contribution in [3.63, 3.8) is 0 Å². The average molecular weight is 372 g/mol. The second-order valence-electron chi connectivity index (χ2n) is 6.64. The number of hydrogen-bond donors (Lipinski definition) is 0. The van der Waals surface area contributed by atoms with Crippen LogP contribution in [-0.4, -0.2) is 47.8 Å². The molecule has 0 spiro atoms. The molecule has 2 amide bonds. The molecule has 0 radical (unpaired) electrons. The summed E-state index contributed by atoms with van der Waals surface area (Å²) in [5.41, 5.74) is 0.976. The van der Waals surface area contributed by atoms with E-state index in [4.69, 9.17) is 0 Å². The Morgan fingerprint density at radius 3 is 2.33 bits per heavy atom. The molecular formula is C21H22F2N2O2. The summed E-state index contributed by atoms with van der Waals surface area (Å²) in [6.45, 7) is 1.77. The van der Waals surface area contributed by atoms with Gasteiger partial charge in [0.25, 0.3) is 5.91 Å². The first kappa shape index (κ1) is 19.0. The molecule has 1 heterocycles. The fraction of sp³-hybridized carbons (Fsp3) is 0.333. The minimum absolute atomic E-state index is 0.0566. The van der Waals surface area contributed by atoms with Gasteiger partial charge in [0.1, 0.15) is 11.6 Å². The Balaban J connectivity index is 1.56. The van der Waals surface area contributed by atoms with Crippen molar-refractivity contribution in [2.75, 3.05) is 26.2 Å². The van der Waals surface area contributed by atoms with Gasteiger partial charge >= 0.3 is 0 Å². The summed E-state index contributed by atoms with van der Waals surface area (Å²) >= 11 is 0. The third-order valence-corrected chi connectivity index (χ3v) is 4.77. The molecule has 6 heteroatoms. The summed E-state index contributed by atoms with van der Waals surface area (Å²) < 4.78 is 26.9. The van der Waals surface area contributed by atoms with E-state index in [1.54, 1.807) is 4.90 Å². The minimum Gasteiger partial charge on any atom is -0.341 e.